The number of nitrogens with zero attached hydrogens (tertiary/aromatic N) is 2. The lowest BCUT2D eigenvalue weighted by Crippen LogP contribution is -2.65. The zero-order valence-electron chi connectivity index (χ0n) is 60.3. The van der Waals surface area contributed by atoms with Gasteiger partial charge in [0.15, 0.2) is 0 Å². The van der Waals surface area contributed by atoms with Crippen LogP contribution in [-0.4, -0.2) is 20.1 Å². The Morgan fingerprint density at radius 3 is 1.16 bits per heavy atom. The topological polar surface area (TPSA) is 46.2 Å². The van der Waals surface area contributed by atoms with Gasteiger partial charge in [0.05, 0.1) is 11.4 Å². The van der Waals surface area contributed by atoms with Gasteiger partial charge in [-0.2, -0.15) is 0 Å². The molecule has 0 saturated heterocycles. The standard InChI is InChI=1S/C91H74B3N3O3S2/c1-44-24-49(6)80(50(7)25-44)59-34-69-83-75(37-59)99-88-62-20-16-18-22-78(62)101-90(88)93(83)64-40-65-70(42-68(64)95-69)96(86-55(12)30-47(4)31-56(86)13)72-35-60(81-51(8)26-45(2)27-52(81)9)36-73-84(72)92(65)66-41-67-74(43-71(66)97(73)87-57(14)32-48(5)33-58(87)15)98-76-38-61(82-53(10)28-46(3)29-54(82)11)39-77-85(76)94(67)91-89(100-77)63-21-17-19-23-79(63)102-91/h16-43,95H,1-15H3. The second kappa shape index (κ2) is 21.8. The van der Waals surface area contributed by atoms with Crippen LogP contribution in [0, 0.1) is 104 Å². The van der Waals surface area contributed by atoms with Gasteiger partial charge in [-0.1, -0.05) is 125 Å². The molecule has 1 N–H and O–H groups in total. The number of fused-ring (bicyclic) bond motifs is 16. The number of benzene rings is 12. The largest absolute Gasteiger partial charge is 0.458 e. The molecule has 0 radical (unpaired) electrons. The SMILES string of the molecule is Cc1cc(C)c(-c2cc3c4c(c2)Oc2c(sc5ccccc25)B4c2cc4c(cc2N3)N(c2c(C)cc(C)cc2C)c2cc(-c3c(C)cc(C)cc3C)cc3c2B4c2cc4c(cc2N3c2c(C)cc(C)cc2C)Oc2cc(-c3c(C)cc(C)cc3C)cc3c2B4c2sc4ccccc4c2O3)c(C)c1. The lowest BCUT2D eigenvalue weighted by molar-refractivity contribution is 0.468. The fourth-order valence-electron chi connectivity index (χ4n) is 19.8. The maximum atomic E-state index is 7.76. The maximum Gasteiger partial charge on any atom is 0.273 e. The van der Waals surface area contributed by atoms with Crippen LogP contribution in [-0.2, 0) is 0 Å². The molecule has 0 atom stereocenters. The molecule has 0 unspecified atom stereocenters. The highest BCUT2D eigenvalue weighted by Gasteiger charge is 2.51. The first-order valence-electron chi connectivity index (χ1n) is 35.9. The second-order valence-corrected chi connectivity index (χ2v) is 32.7. The van der Waals surface area contributed by atoms with Crippen molar-refractivity contribution in [2.24, 2.45) is 0 Å². The summed E-state index contributed by atoms with van der Waals surface area (Å²) in [6, 6.07) is 65.8. The van der Waals surface area contributed by atoms with E-state index in [1.54, 1.807) is 0 Å². The Morgan fingerprint density at radius 2 is 0.686 bits per heavy atom. The summed E-state index contributed by atoms with van der Waals surface area (Å²) in [4.78, 5) is 5.34. The maximum absolute atomic E-state index is 7.76. The molecule has 12 aromatic carbocycles. The van der Waals surface area contributed by atoms with Gasteiger partial charge in [0, 0.05) is 75.4 Å². The molecule has 492 valence electrons. The van der Waals surface area contributed by atoms with E-state index in [0.717, 1.165) is 95.8 Å². The first-order chi connectivity index (χ1) is 49.2. The zero-order chi connectivity index (χ0) is 69.6. The molecule has 6 aliphatic heterocycles. The molecule has 6 nitrogen and oxygen atoms in total. The van der Waals surface area contributed by atoms with Gasteiger partial charge in [0.1, 0.15) is 34.5 Å². The number of thiophene rings is 2. The van der Waals surface area contributed by atoms with Gasteiger partial charge >= 0.3 is 0 Å². The second-order valence-electron chi connectivity index (χ2n) is 30.5. The highest BCUT2D eigenvalue weighted by molar-refractivity contribution is 7.34. The molecule has 102 heavy (non-hydrogen) atoms. The number of anilines is 8. The van der Waals surface area contributed by atoms with E-state index in [0.29, 0.717) is 0 Å². The summed E-state index contributed by atoms with van der Waals surface area (Å²) in [6.07, 6.45) is 0. The van der Waals surface area contributed by atoms with E-state index in [1.165, 1.54) is 169 Å². The fourth-order valence-corrected chi connectivity index (χ4v) is 22.3. The molecular weight excluding hydrogens is 1280 g/mol. The van der Waals surface area contributed by atoms with Crippen molar-refractivity contribution in [1.29, 1.82) is 0 Å². The normalized spacial score (nSPS) is 13.7. The van der Waals surface area contributed by atoms with E-state index >= 15 is 0 Å². The van der Waals surface area contributed by atoms with E-state index in [4.69, 9.17) is 14.2 Å². The lowest BCUT2D eigenvalue weighted by Gasteiger charge is -2.47. The number of aryl methyl sites for hydroxylation is 15. The lowest BCUT2D eigenvalue weighted by atomic mass is 9.30. The van der Waals surface area contributed by atoms with Crippen molar-refractivity contribution in [3.05, 3.63) is 253 Å². The predicted molar refractivity (Wildman–Crippen MR) is 437 cm³/mol. The van der Waals surface area contributed by atoms with Crippen LogP contribution in [0.25, 0.3) is 53.6 Å². The quantitative estimate of drug-likeness (QED) is 0.173. The molecule has 20 rings (SSSR count). The summed E-state index contributed by atoms with van der Waals surface area (Å²) in [6.45, 7) is 33.3. The molecule has 14 aromatic rings. The van der Waals surface area contributed by atoms with Gasteiger partial charge < -0.3 is 29.3 Å². The predicted octanol–water partition coefficient (Wildman–Crippen LogP) is 19.2. The van der Waals surface area contributed by atoms with Gasteiger partial charge in [-0.25, -0.2) is 0 Å². The molecule has 0 spiro atoms. The molecule has 2 aromatic heterocycles. The van der Waals surface area contributed by atoms with Crippen molar-refractivity contribution in [3.8, 4) is 67.9 Å². The van der Waals surface area contributed by atoms with Gasteiger partial charge in [-0.05, 0) is 292 Å². The van der Waals surface area contributed by atoms with Crippen LogP contribution in [0.3, 0.4) is 0 Å². The Bertz CT molecular complexity index is 5760. The smallest absolute Gasteiger partial charge is 0.273 e. The first kappa shape index (κ1) is 61.4. The minimum absolute atomic E-state index is 0.144. The molecule has 8 heterocycles. The van der Waals surface area contributed by atoms with Gasteiger partial charge in [-0.15, -0.1) is 22.7 Å². The summed E-state index contributed by atoms with van der Waals surface area (Å²) in [5.74, 6) is 5.31. The minimum Gasteiger partial charge on any atom is -0.458 e. The molecule has 0 amide bonds. The Kier molecular flexibility index (Phi) is 13.1. The van der Waals surface area contributed by atoms with E-state index < -0.39 is 0 Å². The van der Waals surface area contributed by atoms with Crippen LogP contribution >= 0.6 is 22.7 Å². The van der Waals surface area contributed by atoms with Crippen LogP contribution in [0.4, 0.5) is 45.5 Å². The molecular formula is C91H74B3N3O3S2. The summed E-state index contributed by atoms with van der Waals surface area (Å²) in [5.41, 5.74) is 43.2. The Morgan fingerprint density at radius 1 is 0.304 bits per heavy atom. The number of hydrogen-bond acceptors (Lipinski definition) is 8. The average molecular weight is 1350 g/mol. The van der Waals surface area contributed by atoms with E-state index in [-0.39, 0.29) is 20.1 Å². The van der Waals surface area contributed by atoms with E-state index in [2.05, 4.69) is 289 Å². The van der Waals surface area contributed by atoms with E-state index in [1.807, 2.05) is 22.7 Å². The first-order valence-corrected chi connectivity index (χ1v) is 37.6. The number of rotatable bonds is 5. The molecule has 0 saturated carbocycles. The molecule has 0 aliphatic carbocycles. The van der Waals surface area contributed by atoms with Gasteiger partial charge in [-0.3, -0.25) is 0 Å². The third-order valence-electron chi connectivity index (χ3n) is 23.0. The third-order valence-corrected chi connectivity index (χ3v) is 25.5. The third kappa shape index (κ3) is 8.73. The van der Waals surface area contributed by atoms with Crippen molar-refractivity contribution in [1.82, 2.24) is 0 Å². The Labute approximate surface area is 606 Å². The van der Waals surface area contributed by atoms with Crippen molar-refractivity contribution in [2.45, 2.75) is 104 Å². The Hall–Kier alpha value is -10.4. The zero-order valence-corrected chi connectivity index (χ0v) is 62.0. The van der Waals surface area contributed by atoms with Gasteiger partial charge in [0.2, 0.25) is 0 Å². The van der Waals surface area contributed by atoms with Crippen LogP contribution in [0.2, 0.25) is 0 Å². The summed E-state index contributed by atoms with van der Waals surface area (Å²) < 4.78 is 27.4. The monoisotopic (exact) mass is 1350 g/mol. The molecule has 6 aliphatic rings. The van der Waals surface area contributed by atoms with E-state index in [9.17, 15) is 0 Å². The molecule has 11 heteroatoms. The Balaban J connectivity index is 0.918. The van der Waals surface area contributed by atoms with Crippen LogP contribution in [0.5, 0.6) is 34.5 Å². The number of ether oxygens (including phenoxy) is 3. The number of nitrogens with one attached hydrogen (secondary N) is 1. The van der Waals surface area contributed by atoms with Crippen LogP contribution in [0.15, 0.2) is 170 Å². The highest BCUT2D eigenvalue weighted by atomic mass is 32.1. The van der Waals surface area contributed by atoms with Crippen LogP contribution in [0.1, 0.15) is 83.5 Å². The molecule has 0 fully saturated rings. The highest BCUT2D eigenvalue weighted by Crippen LogP contribution is 2.53. The summed E-state index contributed by atoms with van der Waals surface area (Å²) >= 11 is 3.73. The minimum atomic E-state index is -0.274. The van der Waals surface area contributed by atoms with Crippen LogP contribution < -0.4 is 77.1 Å². The summed E-state index contributed by atoms with van der Waals surface area (Å²) in [7, 11) is 0. The average Bonchev–Trinajstić information content (AvgIpc) is 0.812. The van der Waals surface area contributed by atoms with Crippen molar-refractivity contribution >= 4 is 156 Å². The summed E-state index contributed by atoms with van der Waals surface area (Å²) in [5, 5.41) is 6.53. The van der Waals surface area contributed by atoms with Crippen molar-refractivity contribution in [3.63, 3.8) is 0 Å². The number of hydrogen-bond donors (Lipinski definition) is 1. The van der Waals surface area contributed by atoms with Crippen molar-refractivity contribution < 1.29 is 14.2 Å². The van der Waals surface area contributed by atoms with Crippen molar-refractivity contribution in [2.75, 3.05) is 15.1 Å². The molecule has 0 bridgehead atoms. The van der Waals surface area contributed by atoms with Gasteiger partial charge in [0.25, 0.3) is 20.1 Å². The fraction of sp³-hybridized carbons (Fsp3) is 0.165.